The van der Waals surface area contributed by atoms with E-state index < -0.39 is 0 Å². The van der Waals surface area contributed by atoms with Crippen LogP contribution in [0, 0.1) is 6.92 Å². The van der Waals surface area contributed by atoms with Crippen molar-refractivity contribution < 1.29 is 9.32 Å². The number of aromatic nitrogens is 1. The van der Waals surface area contributed by atoms with E-state index in [1.807, 2.05) is 26.0 Å². The maximum atomic E-state index is 12.7. The molecule has 0 aliphatic heterocycles. The summed E-state index contributed by atoms with van der Waals surface area (Å²) in [4.78, 5) is 12.7. The van der Waals surface area contributed by atoms with Crippen LogP contribution in [-0.4, -0.2) is 17.6 Å². The number of hydrogen-bond acceptors (Lipinski definition) is 3. The Bertz CT molecular complexity index is 830. The highest BCUT2D eigenvalue weighted by atomic mass is 16.5. The molecule has 3 aromatic rings. The van der Waals surface area contributed by atoms with E-state index in [9.17, 15) is 4.79 Å². The molecule has 0 unspecified atom stereocenters. The van der Waals surface area contributed by atoms with Gasteiger partial charge in [0.05, 0.1) is 5.69 Å². The number of carbonyl (C=O) groups excluding carboxylic acids is 1. The van der Waals surface area contributed by atoms with Gasteiger partial charge in [0.2, 0.25) is 0 Å². The fourth-order valence-corrected chi connectivity index (χ4v) is 3.37. The summed E-state index contributed by atoms with van der Waals surface area (Å²) in [6, 6.07) is 20.8. The minimum atomic E-state index is -0.114. The summed E-state index contributed by atoms with van der Waals surface area (Å²) < 4.78 is 5.33. The van der Waals surface area contributed by atoms with Gasteiger partial charge in [0, 0.05) is 18.4 Å². The summed E-state index contributed by atoms with van der Waals surface area (Å²) in [6.45, 7) is 6.38. The maximum Gasteiger partial charge on any atom is 0.256 e. The van der Waals surface area contributed by atoms with Crippen molar-refractivity contribution >= 4 is 5.91 Å². The van der Waals surface area contributed by atoms with Gasteiger partial charge in [-0.2, -0.15) is 0 Å². The van der Waals surface area contributed by atoms with Crippen molar-refractivity contribution in [2.24, 2.45) is 0 Å². The first kappa shape index (κ1) is 18.9. The second-order valence-corrected chi connectivity index (χ2v) is 7.08. The van der Waals surface area contributed by atoms with Gasteiger partial charge < -0.3 is 9.84 Å². The molecule has 1 heterocycles. The summed E-state index contributed by atoms with van der Waals surface area (Å²) in [5.41, 5.74) is 3.71. The van der Waals surface area contributed by atoms with E-state index >= 15 is 0 Å². The Morgan fingerprint density at radius 1 is 1.00 bits per heavy atom. The smallest absolute Gasteiger partial charge is 0.256 e. The van der Waals surface area contributed by atoms with Crippen molar-refractivity contribution in [1.82, 2.24) is 10.5 Å². The van der Waals surface area contributed by atoms with Crippen molar-refractivity contribution in [3.63, 3.8) is 0 Å². The van der Waals surface area contributed by atoms with E-state index in [0.29, 0.717) is 23.6 Å². The zero-order valence-electron chi connectivity index (χ0n) is 16.1. The highest BCUT2D eigenvalue weighted by Gasteiger charge is 2.22. The molecule has 3 rings (SSSR count). The maximum absolute atomic E-state index is 12.7. The quantitative estimate of drug-likeness (QED) is 0.639. The molecule has 0 aliphatic rings. The molecule has 2 aromatic carbocycles. The van der Waals surface area contributed by atoms with Crippen LogP contribution in [0.2, 0.25) is 0 Å². The molecule has 140 valence electrons. The molecule has 1 aromatic heterocycles. The molecule has 0 aliphatic carbocycles. The summed E-state index contributed by atoms with van der Waals surface area (Å²) in [5.74, 6) is 0.888. The van der Waals surface area contributed by atoms with Crippen molar-refractivity contribution in [1.29, 1.82) is 0 Å². The molecule has 0 saturated heterocycles. The molecule has 0 bridgehead atoms. The molecule has 1 amide bonds. The van der Waals surface area contributed by atoms with Crippen molar-refractivity contribution in [3.8, 4) is 0 Å². The molecular formula is C23H26N2O2. The van der Waals surface area contributed by atoms with Crippen LogP contribution in [0.1, 0.15) is 65.0 Å². The lowest BCUT2D eigenvalue weighted by atomic mass is 9.88. The Hall–Kier alpha value is -2.88. The molecule has 0 atom stereocenters. The molecular weight excluding hydrogens is 336 g/mol. The van der Waals surface area contributed by atoms with Crippen molar-refractivity contribution in [2.75, 3.05) is 6.54 Å². The lowest BCUT2D eigenvalue weighted by Gasteiger charge is -2.18. The number of nitrogens with one attached hydrogen (secondary N) is 1. The van der Waals surface area contributed by atoms with Gasteiger partial charge >= 0.3 is 0 Å². The summed E-state index contributed by atoms with van der Waals surface area (Å²) in [6.07, 6.45) is 0.821. The molecule has 0 radical (unpaired) electrons. The number of hydrogen-bond donors (Lipinski definition) is 1. The topological polar surface area (TPSA) is 55.1 Å². The highest BCUT2D eigenvalue weighted by Crippen LogP contribution is 2.27. The van der Waals surface area contributed by atoms with Gasteiger partial charge in [0.15, 0.2) is 5.76 Å². The van der Waals surface area contributed by atoms with E-state index in [0.717, 1.165) is 6.42 Å². The molecule has 0 fully saturated rings. The summed E-state index contributed by atoms with van der Waals surface area (Å²) >= 11 is 0. The zero-order chi connectivity index (χ0) is 19.2. The zero-order valence-corrected chi connectivity index (χ0v) is 16.1. The number of benzene rings is 2. The Morgan fingerprint density at radius 2 is 1.56 bits per heavy atom. The number of amides is 1. The Morgan fingerprint density at radius 3 is 2.07 bits per heavy atom. The van der Waals surface area contributed by atoms with E-state index in [-0.39, 0.29) is 17.7 Å². The van der Waals surface area contributed by atoms with E-state index in [4.69, 9.17) is 4.52 Å². The lowest BCUT2D eigenvalue weighted by molar-refractivity contribution is 0.0949. The summed E-state index contributed by atoms with van der Waals surface area (Å²) in [5, 5.41) is 7.01. The van der Waals surface area contributed by atoms with E-state index in [1.54, 1.807) is 6.92 Å². The van der Waals surface area contributed by atoms with Gasteiger partial charge in [-0.3, -0.25) is 4.79 Å². The minimum absolute atomic E-state index is 0.114. The average molecular weight is 362 g/mol. The van der Waals surface area contributed by atoms with Crippen molar-refractivity contribution in [3.05, 3.63) is 88.8 Å². The van der Waals surface area contributed by atoms with Crippen LogP contribution in [0.4, 0.5) is 0 Å². The molecule has 27 heavy (non-hydrogen) atoms. The van der Waals surface area contributed by atoms with E-state index in [2.05, 4.69) is 59.0 Å². The first-order valence-electron chi connectivity index (χ1n) is 9.42. The van der Waals surface area contributed by atoms with Crippen LogP contribution in [0.3, 0.4) is 0 Å². The molecule has 4 nitrogen and oxygen atoms in total. The number of aryl methyl sites for hydroxylation is 1. The van der Waals surface area contributed by atoms with Gasteiger partial charge in [0.1, 0.15) is 5.56 Å². The molecule has 0 saturated carbocycles. The average Bonchev–Trinajstić information content (AvgIpc) is 3.08. The number of nitrogens with zero attached hydrogens (tertiary/aromatic N) is 1. The minimum Gasteiger partial charge on any atom is -0.360 e. The van der Waals surface area contributed by atoms with Crippen molar-refractivity contribution in [2.45, 2.75) is 39.0 Å². The molecule has 4 heteroatoms. The van der Waals surface area contributed by atoms with Crippen LogP contribution < -0.4 is 5.32 Å². The largest absolute Gasteiger partial charge is 0.360 e. The van der Waals surface area contributed by atoms with Crippen LogP contribution in [0.15, 0.2) is 65.2 Å². The fourth-order valence-electron chi connectivity index (χ4n) is 3.37. The van der Waals surface area contributed by atoms with Gasteiger partial charge in [-0.25, -0.2) is 0 Å². The van der Waals surface area contributed by atoms with Crippen LogP contribution in [-0.2, 0) is 0 Å². The fraction of sp³-hybridized carbons (Fsp3) is 0.304. The molecule has 1 N–H and O–H groups in total. The van der Waals surface area contributed by atoms with Crippen LogP contribution in [0.5, 0.6) is 0 Å². The summed E-state index contributed by atoms with van der Waals surface area (Å²) in [7, 11) is 0. The first-order valence-corrected chi connectivity index (χ1v) is 9.42. The molecule has 0 spiro atoms. The van der Waals surface area contributed by atoms with Gasteiger partial charge in [0.25, 0.3) is 5.91 Å². The second-order valence-electron chi connectivity index (χ2n) is 7.08. The Balaban J connectivity index is 1.72. The highest BCUT2D eigenvalue weighted by molar-refractivity contribution is 5.96. The predicted molar refractivity (Wildman–Crippen MR) is 107 cm³/mol. The standard InChI is InChI=1S/C23H26N2O2/c1-16(2)22-21(17(3)25-27-22)23(26)24-15-14-20(18-10-6-4-7-11-18)19-12-8-5-9-13-19/h4-13,16,20H,14-15H2,1-3H3,(H,24,26). The monoisotopic (exact) mass is 362 g/mol. The Kier molecular flexibility index (Phi) is 6.07. The third-order valence-electron chi connectivity index (χ3n) is 4.76. The van der Waals surface area contributed by atoms with Crippen LogP contribution in [0.25, 0.3) is 0 Å². The Labute approximate surface area is 160 Å². The van der Waals surface area contributed by atoms with Crippen LogP contribution >= 0.6 is 0 Å². The predicted octanol–water partition coefficient (Wildman–Crippen LogP) is 5.06. The first-order chi connectivity index (χ1) is 13.1. The van der Waals surface area contributed by atoms with Gasteiger partial charge in [-0.15, -0.1) is 0 Å². The normalized spacial score (nSPS) is 11.1. The van der Waals surface area contributed by atoms with Gasteiger partial charge in [-0.05, 0) is 24.5 Å². The lowest BCUT2D eigenvalue weighted by Crippen LogP contribution is -2.27. The number of rotatable bonds is 7. The van der Waals surface area contributed by atoms with E-state index in [1.165, 1.54) is 11.1 Å². The third-order valence-corrected chi connectivity index (χ3v) is 4.76. The number of carbonyl (C=O) groups is 1. The second kappa shape index (κ2) is 8.67. The third kappa shape index (κ3) is 4.45. The SMILES string of the molecule is Cc1noc(C(C)C)c1C(=O)NCCC(c1ccccc1)c1ccccc1. The van der Waals surface area contributed by atoms with Gasteiger partial charge in [-0.1, -0.05) is 79.7 Å².